The first kappa shape index (κ1) is 22.6. The number of H-pyrrole nitrogens is 1. The normalized spacial score (nSPS) is 12.3. The molecule has 0 saturated carbocycles. The van der Waals surface area contributed by atoms with Crippen LogP contribution in [0, 0.1) is 0 Å². The summed E-state index contributed by atoms with van der Waals surface area (Å²) in [4.78, 5) is 42.0. The predicted octanol–water partition coefficient (Wildman–Crippen LogP) is 1.58. The zero-order chi connectivity index (χ0) is 23.5. The number of hydrogen-bond donors (Lipinski definition) is 3. The van der Waals surface area contributed by atoms with Crippen LogP contribution in [0.25, 0.3) is 21.9 Å². The van der Waals surface area contributed by atoms with Gasteiger partial charge in [-0.25, -0.2) is 9.78 Å². The zero-order valence-electron chi connectivity index (χ0n) is 17.7. The fourth-order valence-electron chi connectivity index (χ4n) is 3.49. The molecule has 4 rings (SSSR count). The summed E-state index contributed by atoms with van der Waals surface area (Å²) in [6.45, 7) is -0.0749. The van der Waals surface area contributed by atoms with Crippen LogP contribution in [0.5, 0.6) is 5.75 Å². The highest BCUT2D eigenvalue weighted by Gasteiger charge is 2.20. The van der Waals surface area contributed by atoms with E-state index in [4.69, 9.17) is 9.84 Å². The molecule has 0 spiro atoms. The predicted molar refractivity (Wildman–Crippen MR) is 124 cm³/mol. The highest BCUT2D eigenvalue weighted by Crippen LogP contribution is 2.26. The summed E-state index contributed by atoms with van der Waals surface area (Å²) < 4.78 is 8.56. The number of rotatable bonds is 9. The molecule has 0 radical (unpaired) electrons. The fourth-order valence-corrected chi connectivity index (χ4v) is 4.43. The lowest BCUT2D eigenvalue weighted by Crippen LogP contribution is -2.30. The molecule has 0 saturated heterocycles. The van der Waals surface area contributed by atoms with Gasteiger partial charge < -0.3 is 19.5 Å². The van der Waals surface area contributed by atoms with E-state index < -0.39 is 23.3 Å². The van der Waals surface area contributed by atoms with Crippen LogP contribution in [0.4, 0.5) is 0 Å². The standard InChI is InChI=1S/C22H22N4O6S/c1-25-19-18(20(30)24-21(25)31)26(22(23-19)33-10-9-17(28)29)11-14(27)12-32-16-8-4-6-13-5-2-3-7-15(13)16/h2-8,14,27H,9-12H2,1H3,(H,28,29)(H,24,30,31)/t14-/m1/s1. The highest BCUT2D eigenvalue weighted by atomic mass is 32.2. The number of ether oxygens (including phenoxy) is 1. The minimum atomic E-state index is -1.00. The minimum Gasteiger partial charge on any atom is -0.490 e. The molecule has 2 aromatic heterocycles. The molecule has 0 aliphatic heterocycles. The highest BCUT2D eigenvalue weighted by molar-refractivity contribution is 7.99. The van der Waals surface area contributed by atoms with Crippen LogP contribution in [-0.2, 0) is 18.4 Å². The Morgan fingerprint density at radius 3 is 2.76 bits per heavy atom. The maximum atomic E-state index is 12.5. The Kier molecular flexibility index (Phi) is 6.52. The van der Waals surface area contributed by atoms with Crippen LogP contribution in [0.1, 0.15) is 6.42 Å². The van der Waals surface area contributed by atoms with Crippen molar-refractivity contribution in [1.29, 1.82) is 0 Å². The Hall–Kier alpha value is -3.57. The summed E-state index contributed by atoms with van der Waals surface area (Å²) in [5, 5.41) is 21.9. The maximum absolute atomic E-state index is 12.5. The van der Waals surface area contributed by atoms with E-state index >= 15 is 0 Å². The molecule has 3 N–H and O–H groups in total. The van der Waals surface area contributed by atoms with Crippen molar-refractivity contribution in [3.8, 4) is 5.75 Å². The van der Waals surface area contributed by atoms with Gasteiger partial charge in [-0.2, -0.15) is 0 Å². The third-order valence-corrected chi connectivity index (χ3v) is 6.07. The Morgan fingerprint density at radius 1 is 1.21 bits per heavy atom. The van der Waals surface area contributed by atoms with Crippen LogP contribution >= 0.6 is 11.8 Å². The van der Waals surface area contributed by atoms with E-state index in [0.29, 0.717) is 10.9 Å². The summed E-state index contributed by atoms with van der Waals surface area (Å²) in [5.41, 5.74) is -0.963. The minimum absolute atomic E-state index is 0.0298. The molecule has 2 heterocycles. The van der Waals surface area contributed by atoms with E-state index in [2.05, 4.69) is 9.97 Å². The molecular formula is C22H22N4O6S. The topological polar surface area (TPSA) is 139 Å². The van der Waals surface area contributed by atoms with Gasteiger partial charge in [0.1, 0.15) is 18.5 Å². The largest absolute Gasteiger partial charge is 0.490 e. The monoisotopic (exact) mass is 470 g/mol. The van der Waals surface area contributed by atoms with Crippen molar-refractivity contribution >= 4 is 39.7 Å². The van der Waals surface area contributed by atoms with Gasteiger partial charge in [-0.3, -0.25) is 19.1 Å². The number of aliphatic hydroxyl groups is 1. The van der Waals surface area contributed by atoms with E-state index in [9.17, 15) is 19.5 Å². The van der Waals surface area contributed by atoms with Crippen molar-refractivity contribution in [3.63, 3.8) is 0 Å². The second-order valence-corrected chi connectivity index (χ2v) is 8.49. The molecule has 0 fully saturated rings. The van der Waals surface area contributed by atoms with Crippen molar-refractivity contribution in [2.24, 2.45) is 7.05 Å². The van der Waals surface area contributed by atoms with Crippen molar-refractivity contribution in [3.05, 3.63) is 63.3 Å². The lowest BCUT2D eigenvalue weighted by molar-refractivity contribution is -0.136. The average molecular weight is 471 g/mol. The molecule has 1 atom stereocenters. The third-order valence-electron chi connectivity index (χ3n) is 5.09. The fraction of sp³-hybridized carbons (Fsp3) is 0.273. The van der Waals surface area contributed by atoms with Crippen LogP contribution in [0.2, 0.25) is 0 Å². The third kappa shape index (κ3) is 4.78. The first-order chi connectivity index (χ1) is 15.8. The lowest BCUT2D eigenvalue weighted by atomic mass is 10.1. The van der Waals surface area contributed by atoms with Gasteiger partial charge in [0.05, 0.1) is 13.0 Å². The molecule has 0 amide bonds. The molecule has 172 valence electrons. The number of thioether (sulfide) groups is 1. The second-order valence-electron chi connectivity index (χ2n) is 7.43. The first-order valence-corrected chi connectivity index (χ1v) is 11.2. The van der Waals surface area contributed by atoms with Gasteiger partial charge in [0.2, 0.25) is 0 Å². The van der Waals surface area contributed by atoms with Gasteiger partial charge in [-0.05, 0) is 11.5 Å². The van der Waals surface area contributed by atoms with Crippen LogP contribution in [-0.4, -0.2) is 53.7 Å². The summed E-state index contributed by atoms with van der Waals surface area (Å²) in [7, 11) is 1.48. The molecule has 4 aromatic rings. The number of aromatic nitrogens is 4. The van der Waals surface area contributed by atoms with Crippen molar-refractivity contribution < 1.29 is 19.7 Å². The van der Waals surface area contributed by atoms with Gasteiger partial charge in [0.15, 0.2) is 16.3 Å². The molecule has 11 heteroatoms. The lowest BCUT2D eigenvalue weighted by Gasteiger charge is -2.16. The molecule has 0 unspecified atom stereocenters. The number of aryl methyl sites for hydroxylation is 1. The Bertz CT molecular complexity index is 1440. The Balaban J connectivity index is 1.60. The number of aliphatic hydroxyl groups excluding tert-OH is 1. The van der Waals surface area contributed by atoms with E-state index in [1.165, 1.54) is 16.2 Å². The molecule has 2 aromatic carbocycles. The SMILES string of the molecule is Cn1c(=O)[nH]c(=O)c2c1nc(SCCC(=O)O)n2C[C@@H](O)COc1cccc2ccccc12. The number of carboxylic acid groups (broad SMARTS) is 1. The number of nitrogens with one attached hydrogen (secondary N) is 1. The number of carboxylic acids is 1. The van der Waals surface area contributed by atoms with Crippen molar-refractivity contribution in [1.82, 2.24) is 19.1 Å². The van der Waals surface area contributed by atoms with Crippen LogP contribution < -0.4 is 16.0 Å². The van der Waals surface area contributed by atoms with E-state index in [-0.39, 0.29) is 36.5 Å². The van der Waals surface area contributed by atoms with E-state index in [1.807, 2.05) is 42.5 Å². The van der Waals surface area contributed by atoms with Crippen molar-refractivity contribution in [2.75, 3.05) is 12.4 Å². The van der Waals surface area contributed by atoms with Gasteiger partial charge in [-0.15, -0.1) is 0 Å². The molecule has 10 nitrogen and oxygen atoms in total. The molecule has 0 aliphatic rings. The molecule has 0 aliphatic carbocycles. The summed E-state index contributed by atoms with van der Waals surface area (Å²) in [6, 6.07) is 13.4. The smallest absolute Gasteiger partial charge is 0.329 e. The molecule has 33 heavy (non-hydrogen) atoms. The number of imidazole rings is 1. The average Bonchev–Trinajstić information content (AvgIpc) is 3.14. The first-order valence-electron chi connectivity index (χ1n) is 10.2. The number of hydrogen-bond acceptors (Lipinski definition) is 7. The van der Waals surface area contributed by atoms with E-state index in [0.717, 1.165) is 22.5 Å². The van der Waals surface area contributed by atoms with Gasteiger partial charge >= 0.3 is 11.7 Å². The van der Waals surface area contributed by atoms with Gasteiger partial charge in [-0.1, -0.05) is 48.2 Å². The quantitative estimate of drug-likeness (QED) is 0.313. The summed E-state index contributed by atoms with van der Waals surface area (Å²) >= 11 is 1.13. The van der Waals surface area contributed by atoms with E-state index in [1.54, 1.807) is 0 Å². The number of aliphatic carboxylic acids is 1. The Morgan fingerprint density at radius 2 is 1.97 bits per heavy atom. The summed E-state index contributed by atoms with van der Waals surface area (Å²) in [5.74, 6) is -0.120. The van der Waals surface area contributed by atoms with Crippen molar-refractivity contribution in [2.45, 2.75) is 24.2 Å². The maximum Gasteiger partial charge on any atom is 0.329 e. The van der Waals surface area contributed by atoms with Crippen LogP contribution in [0.3, 0.4) is 0 Å². The number of benzene rings is 2. The van der Waals surface area contributed by atoms with Gasteiger partial charge in [0, 0.05) is 18.2 Å². The Labute approximate surface area is 191 Å². The number of nitrogens with zero attached hydrogens (tertiary/aromatic N) is 3. The van der Waals surface area contributed by atoms with Gasteiger partial charge in [0.25, 0.3) is 5.56 Å². The summed E-state index contributed by atoms with van der Waals surface area (Å²) in [6.07, 6.45) is -1.10. The number of aromatic amines is 1. The number of fused-ring (bicyclic) bond motifs is 2. The molecular weight excluding hydrogens is 448 g/mol. The zero-order valence-corrected chi connectivity index (χ0v) is 18.5. The number of carbonyl (C=O) groups is 1. The molecule has 0 bridgehead atoms. The van der Waals surface area contributed by atoms with Crippen LogP contribution in [0.15, 0.2) is 57.2 Å². The second kappa shape index (κ2) is 9.51.